The molecule has 0 saturated carbocycles. The summed E-state index contributed by atoms with van der Waals surface area (Å²) in [5, 5.41) is 0.757. The van der Waals surface area contributed by atoms with Crippen LogP contribution in [-0.2, 0) is 6.54 Å². The van der Waals surface area contributed by atoms with Gasteiger partial charge in [-0.1, -0.05) is 0 Å². The molecule has 0 aliphatic rings. The maximum atomic E-state index is 12.5. The van der Waals surface area contributed by atoms with Gasteiger partial charge in [-0.3, -0.25) is 9.36 Å². The standard InChI is InChI=1S/C13H13N3OS2/c1-7-9(3)19-12-11(7)13(17)16(5-14-12)4-10-8(2)15-6-18-10/h5-6H,4H2,1-3H3. The number of aryl methyl sites for hydroxylation is 3. The predicted molar refractivity (Wildman–Crippen MR) is 79.3 cm³/mol. The van der Waals surface area contributed by atoms with Crippen molar-refractivity contribution < 1.29 is 0 Å². The third-order valence-electron chi connectivity index (χ3n) is 3.31. The Morgan fingerprint density at radius 1 is 1.26 bits per heavy atom. The van der Waals surface area contributed by atoms with Crippen molar-refractivity contribution in [2.45, 2.75) is 27.3 Å². The van der Waals surface area contributed by atoms with Crippen molar-refractivity contribution in [3.05, 3.63) is 43.2 Å². The second kappa shape index (κ2) is 4.54. The molecule has 0 aromatic carbocycles. The highest BCUT2D eigenvalue weighted by atomic mass is 32.1. The fourth-order valence-corrected chi connectivity index (χ4v) is 3.78. The average molecular weight is 291 g/mol. The molecule has 0 unspecified atom stereocenters. The van der Waals surface area contributed by atoms with Gasteiger partial charge in [0.15, 0.2) is 0 Å². The summed E-state index contributed by atoms with van der Waals surface area (Å²) in [5.74, 6) is 0. The molecule has 0 saturated heterocycles. The molecule has 3 heterocycles. The van der Waals surface area contributed by atoms with Gasteiger partial charge in [0.2, 0.25) is 0 Å². The molecule has 0 atom stereocenters. The third kappa shape index (κ3) is 2.01. The molecule has 0 N–H and O–H groups in total. The Morgan fingerprint density at radius 3 is 2.74 bits per heavy atom. The van der Waals surface area contributed by atoms with E-state index in [9.17, 15) is 4.79 Å². The first kappa shape index (κ1) is 12.5. The van der Waals surface area contributed by atoms with Gasteiger partial charge in [-0.05, 0) is 26.3 Å². The fraction of sp³-hybridized carbons (Fsp3) is 0.308. The summed E-state index contributed by atoms with van der Waals surface area (Å²) in [4.78, 5) is 24.2. The summed E-state index contributed by atoms with van der Waals surface area (Å²) in [6.07, 6.45) is 1.64. The van der Waals surface area contributed by atoms with Crippen LogP contribution >= 0.6 is 22.7 Å². The fourth-order valence-electron chi connectivity index (χ4n) is 2.02. The summed E-state index contributed by atoms with van der Waals surface area (Å²) < 4.78 is 1.67. The zero-order valence-electron chi connectivity index (χ0n) is 10.9. The molecule has 0 fully saturated rings. The van der Waals surface area contributed by atoms with Gasteiger partial charge in [0.25, 0.3) is 5.56 Å². The van der Waals surface area contributed by atoms with E-state index in [2.05, 4.69) is 9.97 Å². The Bertz CT molecular complexity index is 813. The van der Waals surface area contributed by atoms with Crippen LogP contribution in [0, 0.1) is 20.8 Å². The molecule has 3 aromatic heterocycles. The van der Waals surface area contributed by atoms with Crippen LogP contribution in [0.4, 0.5) is 0 Å². The number of thiophene rings is 1. The van der Waals surface area contributed by atoms with E-state index in [1.165, 1.54) is 0 Å². The minimum absolute atomic E-state index is 0.0413. The van der Waals surface area contributed by atoms with Crippen LogP contribution < -0.4 is 5.56 Å². The zero-order valence-corrected chi connectivity index (χ0v) is 12.6. The first-order valence-corrected chi connectivity index (χ1v) is 7.61. The summed E-state index contributed by atoms with van der Waals surface area (Å²) in [6.45, 7) is 6.52. The van der Waals surface area contributed by atoms with Crippen molar-refractivity contribution >= 4 is 32.9 Å². The number of rotatable bonds is 2. The molecule has 6 heteroatoms. The zero-order chi connectivity index (χ0) is 13.6. The lowest BCUT2D eigenvalue weighted by Gasteiger charge is -2.04. The topological polar surface area (TPSA) is 47.8 Å². The molecule has 3 aromatic rings. The molecular weight excluding hydrogens is 278 g/mol. The molecule has 4 nitrogen and oxygen atoms in total. The highest BCUT2D eigenvalue weighted by Gasteiger charge is 2.13. The van der Waals surface area contributed by atoms with E-state index in [1.54, 1.807) is 33.6 Å². The maximum absolute atomic E-state index is 12.5. The molecule has 0 spiro atoms. The molecule has 19 heavy (non-hydrogen) atoms. The minimum Gasteiger partial charge on any atom is -0.293 e. The Labute approximate surface area is 118 Å². The van der Waals surface area contributed by atoms with Crippen LogP contribution in [-0.4, -0.2) is 14.5 Å². The molecule has 98 valence electrons. The summed E-state index contributed by atoms with van der Waals surface area (Å²) in [7, 11) is 0. The lowest BCUT2D eigenvalue weighted by Crippen LogP contribution is -2.21. The van der Waals surface area contributed by atoms with Crippen LogP contribution in [0.15, 0.2) is 16.6 Å². The predicted octanol–water partition coefficient (Wildman–Crippen LogP) is 2.89. The molecular formula is C13H13N3OS2. The van der Waals surface area contributed by atoms with Crippen molar-refractivity contribution in [3.63, 3.8) is 0 Å². The molecule has 0 radical (unpaired) electrons. The number of hydrogen-bond acceptors (Lipinski definition) is 5. The Morgan fingerprint density at radius 2 is 2.05 bits per heavy atom. The van der Waals surface area contributed by atoms with Gasteiger partial charge in [0.05, 0.1) is 29.5 Å². The Hall–Kier alpha value is -1.53. The molecule has 3 rings (SSSR count). The van der Waals surface area contributed by atoms with Gasteiger partial charge >= 0.3 is 0 Å². The van der Waals surface area contributed by atoms with E-state index in [0.29, 0.717) is 6.54 Å². The SMILES string of the molecule is Cc1ncsc1Cn1cnc2sc(C)c(C)c2c1=O. The average Bonchev–Trinajstić information content (AvgIpc) is 2.89. The van der Waals surface area contributed by atoms with Crippen molar-refractivity contribution in [1.29, 1.82) is 0 Å². The van der Waals surface area contributed by atoms with Gasteiger partial charge in [0.1, 0.15) is 4.83 Å². The molecule has 0 aliphatic carbocycles. The van der Waals surface area contributed by atoms with Crippen LogP contribution in [0.2, 0.25) is 0 Å². The highest BCUT2D eigenvalue weighted by Crippen LogP contribution is 2.25. The summed E-state index contributed by atoms with van der Waals surface area (Å²) in [6, 6.07) is 0. The molecule has 0 aliphatic heterocycles. The second-order valence-electron chi connectivity index (χ2n) is 4.50. The number of hydrogen-bond donors (Lipinski definition) is 0. The highest BCUT2D eigenvalue weighted by molar-refractivity contribution is 7.18. The second-order valence-corrected chi connectivity index (χ2v) is 6.64. The quantitative estimate of drug-likeness (QED) is 0.729. The van der Waals surface area contributed by atoms with E-state index >= 15 is 0 Å². The number of nitrogens with zero attached hydrogens (tertiary/aromatic N) is 3. The first-order valence-electron chi connectivity index (χ1n) is 5.92. The van der Waals surface area contributed by atoms with Crippen LogP contribution in [0.3, 0.4) is 0 Å². The third-order valence-corrected chi connectivity index (χ3v) is 5.35. The summed E-state index contributed by atoms with van der Waals surface area (Å²) >= 11 is 3.15. The normalized spacial score (nSPS) is 11.3. The van der Waals surface area contributed by atoms with E-state index in [-0.39, 0.29) is 5.56 Å². The van der Waals surface area contributed by atoms with Gasteiger partial charge < -0.3 is 0 Å². The van der Waals surface area contributed by atoms with E-state index in [1.807, 2.05) is 26.3 Å². The van der Waals surface area contributed by atoms with Crippen molar-refractivity contribution in [1.82, 2.24) is 14.5 Å². The van der Waals surface area contributed by atoms with E-state index in [4.69, 9.17) is 0 Å². The van der Waals surface area contributed by atoms with Crippen molar-refractivity contribution in [2.75, 3.05) is 0 Å². The van der Waals surface area contributed by atoms with Gasteiger partial charge in [-0.2, -0.15) is 0 Å². The van der Waals surface area contributed by atoms with Crippen molar-refractivity contribution in [2.24, 2.45) is 0 Å². The number of fused-ring (bicyclic) bond motifs is 1. The maximum Gasteiger partial charge on any atom is 0.262 e. The summed E-state index contributed by atoms with van der Waals surface area (Å²) in [5.41, 5.74) is 3.88. The number of aromatic nitrogens is 3. The first-order chi connectivity index (χ1) is 9.08. The van der Waals surface area contributed by atoms with Gasteiger partial charge in [0, 0.05) is 9.75 Å². The van der Waals surface area contributed by atoms with Gasteiger partial charge in [-0.15, -0.1) is 22.7 Å². The Kier molecular flexibility index (Phi) is 2.99. The molecule has 0 bridgehead atoms. The minimum atomic E-state index is 0.0413. The van der Waals surface area contributed by atoms with Crippen molar-refractivity contribution in [3.8, 4) is 0 Å². The molecule has 0 amide bonds. The largest absolute Gasteiger partial charge is 0.293 e. The van der Waals surface area contributed by atoms with E-state index < -0.39 is 0 Å². The van der Waals surface area contributed by atoms with Gasteiger partial charge in [-0.25, -0.2) is 9.97 Å². The lowest BCUT2D eigenvalue weighted by molar-refractivity contribution is 0.753. The van der Waals surface area contributed by atoms with Crippen LogP contribution in [0.1, 0.15) is 21.0 Å². The smallest absolute Gasteiger partial charge is 0.262 e. The van der Waals surface area contributed by atoms with E-state index in [0.717, 1.165) is 31.2 Å². The monoisotopic (exact) mass is 291 g/mol. The number of thiazole rings is 1. The van der Waals surface area contributed by atoms with Crippen LogP contribution in [0.25, 0.3) is 10.2 Å². The van der Waals surface area contributed by atoms with Crippen LogP contribution in [0.5, 0.6) is 0 Å². The Balaban J connectivity index is 2.15. The lowest BCUT2D eigenvalue weighted by atomic mass is 10.2.